The topological polar surface area (TPSA) is 83.7 Å². The van der Waals surface area contributed by atoms with Gasteiger partial charge in [-0.05, 0) is 31.5 Å². The fraction of sp³-hybridized carbons (Fsp3) is 0.474. The van der Waals surface area contributed by atoms with E-state index in [4.69, 9.17) is 4.74 Å². The zero-order valence-corrected chi connectivity index (χ0v) is 16.3. The van der Waals surface area contributed by atoms with Crippen LogP contribution in [-0.4, -0.2) is 47.0 Å². The molecule has 7 nitrogen and oxygen atoms in total. The van der Waals surface area contributed by atoms with Gasteiger partial charge in [-0.15, -0.1) is 0 Å². The van der Waals surface area contributed by atoms with Crippen LogP contribution in [0.3, 0.4) is 0 Å². The van der Waals surface area contributed by atoms with Gasteiger partial charge in [0.05, 0.1) is 19.3 Å². The number of hydrogen-bond acceptors (Lipinski definition) is 4. The third-order valence-corrected chi connectivity index (χ3v) is 3.97. The third-order valence-electron chi connectivity index (χ3n) is 3.97. The molecule has 0 amide bonds. The van der Waals surface area contributed by atoms with Crippen LogP contribution in [0.25, 0.3) is 0 Å². The van der Waals surface area contributed by atoms with Crippen molar-refractivity contribution in [2.45, 2.75) is 32.4 Å². The molecule has 154 valence electrons. The molecule has 0 saturated carbocycles. The zero-order valence-electron chi connectivity index (χ0n) is 16.3. The van der Waals surface area contributed by atoms with E-state index in [1.54, 1.807) is 49.2 Å². The van der Waals surface area contributed by atoms with Gasteiger partial charge in [0.15, 0.2) is 5.96 Å². The fourth-order valence-electron chi connectivity index (χ4n) is 2.46. The van der Waals surface area contributed by atoms with Gasteiger partial charge >= 0.3 is 0 Å². The Morgan fingerprint density at radius 3 is 2.82 bits per heavy atom. The second-order valence-electron chi connectivity index (χ2n) is 6.57. The van der Waals surface area contributed by atoms with E-state index < -0.39 is 18.6 Å². The Labute approximate surface area is 163 Å². The van der Waals surface area contributed by atoms with Gasteiger partial charge in [-0.2, -0.15) is 5.10 Å². The molecule has 1 unspecified atom stereocenters. The average Bonchev–Trinajstić information content (AvgIpc) is 3.10. The molecule has 1 aromatic heterocycles. The SMILES string of the molecule is CCNC(=NCc1cccc(OCC(F)F)c1)NCC(C)(O)c1cnn(C)c1. The van der Waals surface area contributed by atoms with E-state index >= 15 is 0 Å². The van der Waals surface area contributed by atoms with Crippen LogP contribution in [0.5, 0.6) is 5.75 Å². The molecule has 0 fully saturated rings. The number of aryl methyl sites for hydroxylation is 1. The summed E-state index contributed by atoms with van der Waals surface area (Å²) in [6.07, 6.45) is 0.867. The zero-order chi connectivity index (χ0) is 20.6. The van der Waals surface area contributed by atoms with Crippen LogP contribution in [0.15, 0.2) is 41.7 Å². The van der Waals surface area contributed by atoms with Gasteiger partial charge < -0.3 is 20.5 Å². The Bertz CT molecular complexity index is 777. The minimum Gasteiger partial charge on any atom is -0.488 e. The molecule has 0 spiro atoms. The molecule has 28 heavy (non-hydrogen) atoms. The number of hydrogen-bond donors (Lipinski definition) is 3. The summed E-state index contributed by atoms with van der Waals surface area (Å²) in [6, 6.07) is 6.89. The largest absolute Gasteiger partial charge is 0.488 e. The Kier molecular flexibility index (Phi) is 7.74. The molecule has 0 aliphatic heterocycles. The predicted octanol–water partition coefficient (Wildman–Crippen LogP) is 2.03. The van der Waals surface area contributed by atoms with Crippen molar-refractivity contribution in [2.24, 2.45) is 12.0 Å². The summed E-state index contributed by atoms with van der Waals surface area (Å²) in [4.78, 5) is 4.48. The van der Waals surface area contributed by atoms with E-state index in [9.17, 15) is 13.9 Å². The molecule has 0 aliphatic rings. The molecule has 0 saturated heterocycles. The van der Waals surface area contributed by atoms with Gasteiger partial charge in [0.1, 0.15) is 18.0 Å². The lowest BCUT2D eigenvalue weighted by Gasteiger charge is -2.23. The van der Waals surface area contributed by atoms with Gasteiger partial charge in [-0.3, -0.25) is 4.68 Å². The lowest BCUT2D eigenvalue weighted by Crippen LogP contribution is -2.44. The number of nitrogens with one attached hydrogen (secondary N) is 2. The lowest BCUT2D eigenvalue weighted by atomic mass is 10.00. The first-order chi connectivity index (χ1) is 13.3. The van der Waals surface area contributed by atoms with Gasteiger partial charge in [-0.1, -0.05) is 12.1 Å². The Hall–Kier alpha value is -2.68. The molecule has 1 aromatic carbocycles. The summed E-state index contributed by atoms with van der Waals surface area (Å²) >= 11 is 0. The van der Waals surface area contributed by atoms with E-state index in [1.165, 1.54) is 0 Å². The molecule has 0 radical (unpaired) electrons. The van der Waals surface area contributed by atoms with E-state index in [0.717, 1.165) is 5.56 Å². The number of alkyl halides is 2. The molecule has 1 atom stereocenters. The number of rotatable bonds is 9. The van der Waals surface area contributed by atoms with Crippen LogP contribution in [0.2, 0.25) is 0 Å². The van der Waals surface area contributed by atoms with Gasteiger partial charge in [0.2, 0.25) is 0 Å². The quantitative estimate of drug-likeness (QED) is 0.447. The Balaban J connectivity index is 1.99. The number of benzene rings is 1. The molecule has 0 aliphatic carbocycles. The molecule has 1 heterocycles. The third kappa shape index (κ3) is 6.80. The minimum atomic E-state index is -2.51. The summed E-state index contributed by atoms with van der Waals surface area (Å²) in [5.41, 5.74) is 0.401. The second kappa shape index (κ2) is 10.0. The van der Waals surface area contributed by atoms with E-state index in [1.807, 2.05) is 13.0 Å². The molecule has 2 aromatic rings. The van der Waals surface area contributed by atoms with Crippen molar-refractivity contribution in [2.75, 3.05) is 19.7 Å². The first-order valence-electron chi connectivity index (χ1n) is 9.03. The summed E-state index contributed by atoms with van der Waals surface area (Å²) in [6.45, 7) is 4.22. The number of aromatic nitrogens is 2. The number of aliphatic imine (C=N–C) groups is 1. The van der Waals surface area contributed by atoms with Crippen LogP contribution < -0.4 is 15.4 Å². The van der Waals surface area contributed by atoms with Crippen LogP contribution in [0.1, 0.15) is 25.0 Å². The summed E-state index contributed by atoms with van der Waals surface area (Å²) < 4.78 is 31.2. The lowest BCUT2D eigenvalue weighted by molar-refractivity contribution is 0.0616. The van der Waals surface area contributed by atoms with Gasteiger partial charge in [0, 0.05) is 25.4 Å². The summed E-state index contributed by atoms with van der Waals surface area (Å²) in [7, 11) is 1.79. The molecule has 9 heteroatoms. The number of guanidine groups is 1. The highest BCUT2D eigenvalue weighted by molar-refractivity contribution is 5.79. The molecule has 2 rings (SSSR count). The van der Waals surface area contributed by atoms with Crippen molar-refractivity contribution >= 4 is 5.96 Å². The molecular weight excluding hydrogens is 368 g/mol. The van der Waals surface area contributed by atoms with E-state index in [2.05, 4.69) is 20.7 Å². The monoisotopic (exact) mass is 395 g/mol. The van der Waals surface area contributed by atoms with Crippen LogP contribution in [0.4, 0.5) is 8.78 Å². The highest BCUT2D eigenvalue weighted by atomic mass is 19.3. The smallest absolute Gasteiger partial charge is 0.272 e. The van der Waals surface area contributed by atoms with Crippen LogP contribution in [-0.2, 0) is 19.2 Å². The Morgan fingerprint density at radius 2 is 2.18 bits per heavy atom. The number of nitrogens with zero attached hydrogens (tertiary/aromatic N) is 3. The number of ether oxygens (including phenoxy) is 1. The highest BCUT2D eigenvalue weighted by Crippen LogP contribution is 2.18. The highest BCUT2D eigenvalue weighted by Gasteiger charge is 2.24. The normalized spacial score (nSPS) is 14.0. The predicted molar refractivity (Wildman–Crippen MR) is 104 cm³/mol. The standard InChI is InChI=1S/C19H27F2N5O2/c1-4-22-18(24-13-19(2,27)15-10-25-26(3)11-15)23-9-14-6-5-7-16(8-14)28-12-17(20)21/h5-8,10-11,17,27H,4,9,12-13H2,1-3H3,(H2,22,23,24). The molecule has 3 N–H and O–H groups in total. The maximum absolute atomic E-state index is 12.3. The fourth-order valence-corrected chi connectivity index (χ4v) is 2.46. The van der Waals surface area contributed by atoms with Crippen molar-refractivity contribution in [3.8, 4) is 5.75 Å². The summed E-state index contributed by atoms with van der Waals surface area (Å²) in [5.74, 6) is 0.913. The van der Waals surface area contributed by atoms with Crippen LogP contribution >= 0.6 is 0 Å². The van der Waals surface area contributed by atoms with Crippen molar-refractivity contribution in [1.29, 1.82) is 0 Å². The average molecular weight is 395 g/mol. The number of aliphatic hydroxyl groups is 1. The maximum Gasteiger partial charge on any atom is 0.272 e. The van der Waals surface area contributed by atoms with Crippen molar-refractivity contribution in [1.82, 2.24) is 20.4 Å². The molecular formula is C19H27F2N5O2. The maximum atomic E-state index is 12.3. The van der Waals surface area contributed by atoms with Crippen LogP contribution in [0, 0.1) is 0 Å². The van der Waals surface area contributed by atoms with Crippen molar-refractivity contribution < 1.29 is 18.6 Å². The van der Waals surface area contributed by atoms with Crippen molar-refractivity contribution in [3.63, 3.8) is 0 Å². The van der Waals surface area contributed by atoms with E-state index in [0.29, 0.717) is 30.4 Å². The van der Waals surface area contributed by atoms with Gasteiger partial charge in [-0.25, -0.2) is 13.8 Å². The van der Waals surface area contributed by atoms with Crippen molar-refractivity contribution in [3.05, 3.63) is 47.8 Å². The van der Waals surface area contributed by atoms with E-state index in [-0.39, 0.29) is 6.54 Å². The van der Waals surface area contributed by atoms with Gasteiger partial charge in [0.25, 0.3) is 6.43 Å². The Morgan fingerprint density at radius 1 is 1.39 bits per heavy atom. The number of halogens is 2. The first kappa shape index (κ1) is 21.6. The minimum absolute atomic E-state index is 0.238. The first-order valence-corrected chi connectivity index (χ1v) is 9.03. The molecule has 0 bridgehead atoms. The summed E-state index contributed by atoms with van der Waals surface area (Å²) in [5, 5.41) is 21.0. The second-order valence-corrected chi connectivity index (χ2v) is 6.57.